The number of carbonyl (C=O) groups is 2. The molecule has 8 nitrogen and oxygen atoms in total. The van der Waals surface area contributed by atoms with Gasteiger partial charge >= 0.3 is 6.09 Å². The Morgan fingerprint density at radius 3 is 2.55 bits per heavy atom. The summed E-state index contributed by atoms with van der Waals surface area (Å²) in [6, 6.07) is 15.4. The third kappa shape index (κ3) is 3.95. The maximum Gasteiger partial charge on any atom is 0.415 e. The number of primary amides is 1. The van der Waals surface area contributed by atoms with Crippen LogP contribution >= 0.6 is 0 Å². The average Bonchev–Trinajstić information content (AvgIpc) is 3.33. The minimum Gasteiger partial charge on any atom is -0.441 e. The Hall–Kier alpha value is -3.39. The molecule has 2 N–H and O–H groups in total. The van der Waals surface area contributed by atoms with Crippen molar-refractivity contribution < 1.29 is 14.3 Å². The van der Waals surface area contributed by atoms with Gasteiger partial charge in [-0.05, 0) is 38.1 Å². The molecule has 3 aromatic rings. The van der Waals surface area contributed by atoms with Crippen molar-refractivity contribution >= 4 is 28.6 Å². The molecule has 2 aliphatic heterocycles. The van der Waals surface area contributed by atoms with Gasteiger partial charge in [0.1, 0.15) is 5.60 Å². The summed E-state index contributed by atoms with van der Waals surface area (Å²) in [7, 11) is 0. The number of likely N-dealkylation sites (tertiary alicyclic amines) is 1. The number of para-hydroxylation sites is 1. The Kier molecular flexibility index (Phi) is 5.32. The molecule has 2 aromatic carbocycles. The summed E-state index contributed by atoms with van der Waals surface area (Å²) in [5.41, 5.74) is 8.33. The zero-order valence-corrected chi connectivity index (χ0v) is 19.0. The number of benzene rings is 2. The zero-order valence-electron chi connectivity index (χ0n) is 19.0. The first-order valence-corrected chi connectivity index (χ1v) is 11.4. The Bertz CT molecular complexity index is 1200. The van der Waals surface area contributed by atoms with Gasteiger partial charge in [0.05, 0.1) is 17.8 Å². The van der Waals surface area contributed by atoms with Crippen LogP contribution in [0.2, 0.25) is 0 Å². The number of carbonyl (C=O) groups excluding carboxylic acids is 2. The molecule has 172 valence electrons. The number of hydrogen-bond acceptors (Lipinski definition) is 5. The van der Waals surface area contributed by atoms with E-state index in [4.69, 9.17) is 15.6 Å². The largest absolute Gasteiger partial charge is 0.441 e. The second-order valence-corrected chi connectivity index (χ2v) is 9.33. The number of hydrogen-bond donors (Lipinski definition) is 1. The third-order valence-corrected chi connectivity index (χ3v) is 6.74. The maximum absolute atomic E-state index is 12.6. The predicted octanol–water partition coefficient (Wildman–Crippen LogP) is 3.71. The first-order valence-electron chi connectivity index (χ1n) is 11.4. The molecule has 1 aromatic heterocycles. The first kappa shape index (κ1) is 21.5. The van der Waals surface area contributed by atoms with Crippen LogP contribution < -0.4 is 10.6 Å². The summed E-state index contributed by atoms with van der Waals surface area (Å²) >= 11 is 0. The third-order valence-electron chi connectivity index (χ3n) is 6.74. The van der Waals surface area contributed by atoms with Crippen molar-refractivity contribution in [3.05, 3.63) is 59.8 Å². The lowest BCUT2D eigenvalue weighted by atomic mass is 9.91. The number of amides is 2. The van der Waals surface area contributed by atoms with Crippen molar-refractivity contribution in [3.8, 4) is 0 Å². The number of fused-ring (bicyclic) bond motifs is 1. The summed E-state index contributed by atoms with van der Waals surface area (Å²) in [4.78, 5) is 28.3. The number of nitrogens with two attached hydrogens (primary N) is 1. The quantitative estimate of drug-likeness (QED) is 0.644. The summed E-state index contributed by atoms with van der Waals surface area (Å²) in [5.74, 6) is -0.438. The molecule has 2 fully saturated rings. The van der Waals surface area contributed by atoms with Crippen LogP contribution in [0.25, 0.3) is 10.9 Å². The summed E-state index contributed by atoms with van der Waals surface area (Å²) in [6.45, 7) is 7.09. The monoisotopic (exact) mass is 447 g/mol. The van der Waals surface area contributed by atoms with Crippen molar-refractivity contribution in [3.63, 3.8) is 0 Å². The number of piperidine rings is 1. The number of nitrogens with zero attached hydrogens (tertiary/aromatic N) is 4. The molecule has 0 radical (unpaired) electrons. The van der Waals surface area contributed by atoms with Crippen LogP contribution in [0.5, 0.6) is 0 Å². The molecule has 5 rings (SSSR count). The molecule has 3 heterocycles. The fourth-order valence-electron chi connectivity index (χ4n) is 4.89. The van der Waals surface area contributed by atoms with E-state index in [1.807, 2.05) is 47.1 Å². The molecule has 0 atom stereocenters. The van der Waals surface area contributed by atoms with Gasteiger partial charge in [-0.15, -0.1) is 0 Å². The number of rotatable bonds is 5. The van der Waals surface area contributed by atoms with E-state index in [0.717, 1.165) is 48.2 Å². The van der Waals surface area contributed by atoms with Crippen molar-refractivity contribution in [1.29, 1.82) is 0 Å². The summed E-state index contributed by atoms with van der Waals surface area (Å²) in [5, 5.41) is 5.90. The second kappa shape index (κ2) is 8.19. The van der Waals surface area contributed by atoms with Crippen LogP contribution in [-0.4, -0.2) is 51.9 Å². The zero-order chi connectivity index (χ0) is 23.2. The van der Waals surface area contributed by atoms with Crippen LogP contribution in [0, 0.1) is 0 Å². The van der Waals surface area contributed by atoms with Gasteiger partial charge in [0, 0.05) is 55.2 Å². The first-order chi connectivity index (χ1) is 15.8. The predicted molar refractivity (Wildman–Crippen MR) is 126 cm³/mol. The van der Waals surface area contributed by atoms with Crippen LogP contribution in [0.3, 0.4) is 0 Å². The maximum atomic E-state index is 12.6. The molecule has 33 heavy (non-hydrogen) atoms. The lowest BCUT2D eigenvalue weighted by molar-refractivity contribution is -0.00119. The highest BCUT2D eigenvalue weighted by molar-refractivity contribution is 5.97. The Morgan fingerprint density at radius 2 is 1.88 bits per heavy atom. The van der Waals surface area contributed by atoms with Gasteiger partial charge in [-0.1, -0.05) is 24.3 Å². The van der Waals surface area contributed by atoms with E-state index < -0.39 is 11.5 Å². The van der Waals surface area contributed by atoms with Gasteiger partial charge in [0.25, 0.3) is 0 Å². The molecular weight excluding hydrogens is 418 g/mol. The smallest absolute Gasteiger partial charge is 0.415 e. The molecular formula is C25H29N5O3. The fraction of sp³-hybridized carbons (Fsp3) is 0.400. The van der Waals surface area contributed by atoms with Crippen molar-refractivity contribution in [2.24, 2.45) is 5.73 Å². The van der Waals surface area contributed by atoms with Gasteiger partial charge in [-0.3, -0.25) is 19.3 Å². The average molecular weight is 448 g/mol. The van der Waals surface area contributed by atoms with Crippen LogP contribution in [0.1, 0.15) is 48.8 Å². The lowest BCUT2D eigenvalue weighted by Crippen LogP contribution is -2.46. The Labute approximate surface area is 192 Å². The molecule has 1 spiro atoms. The van der Waals surface area contributed by atoms with Crippen molar-refractivity contribution in [2.45, 2.75) is 44.9 Å². The highest BCUT2D eigenvalue weighted by Crippen LogP contribution is 2.36. The van der Waals surface area contributed by atoms with E-state index in [0.29, 0.717) is 18.7 Å². The van der Waals surface area contributed by atoms with Gasteiger partial charge in [0.2, 0.25) is 5.91 Å². The molecule has 2 aliphatic rings. The van der Waals surface area contributed by atoms with E-state index in [-0.39, 0.29) is 12.1 Å². The van der Waals surface area contributed by atoms with Crippen LogP contribution in [-0.2, 0) is 11.3 Å². The van der Waals surface area contributed by atoms with Crippen molar-refractivity contribution in [1.82, 2.24) is 14.7 Å². The number of ether oxygens (including phenoxy) is 1. The minimum absolute atomic E-state index is 0.163. The molecule has 8 heteroatoms. The van der Waals surface area contributed by atoms with E-state index in [1.165, 1.54) is 0 Å². The van der Waals surface area contributed by atoms with Crippen molar-refractivity contribution in [2.75, 3.05) is 24.5 Å². The molecule has 2 saturated heterocycles. The molecule has 0 aliphatic carbocycles. The number of anilines is 1. The molecule has 0 saturated carbocycles. The highest BCUT2D eigenvalue weighted by Gasteiger charge is 2.47. The van der Waals surface area contributed by atoms with Gasteiger partial charge < -0.3 is 10.5 Å². The molecule has 2 amide bonds. The summed E-state index contributed by atoms with van der Waals surface area (Å²) in [6.07, 6.45) is 1.31. The highest BCUT2D eigenvalue weighted by atomic mass is 16.6. The van der Waals surface area contributed by atoms with E-state index in [9.17, 15) is 9.59 Å². The van der Waals surface area contributed by atoms with Crippen LogP contribution in [0.15, 0.2) is 48.5 Å². The van der Waals surface area contributed by atoms with Gasteiger partial charge in [-0.2, -0.15) is 5.10 Å². The number of aromatic nitrogens is 2. The topological polar surface area (TPSA) is 93.7 Å². The van der Waals surface area contributed by atoms with Gasteiger partial charge in [-0.25, -0.2) is 4.79 Å². The Balaban J connectivity index is 1.31. The second-order valence-electron chi connectivity index (χ2n) is 9.33. The van der Waals surface area contributed by atoms with E-state index >= 15 is 0 Å². The minimum atomic E-state index is -0.438. The lowest BCUT2D eigenvalue weighted by Gasteiger charge is -2.37. The molecule has 0 bridgehead atoms. The standard InChI is InChI=1S/C25H29N5O3/c1-17(2)30-22-14-18(23(26)31)8-9-20(22)21(27-30)15-28-12-10-25(11-13-28)16-29(24(32)33-25)19-6-4-3-5-7-19/h3-9,14,17H,10-13,15-16H2,1-2H3,(H2,26,31). The van der Waals surface area contributed by atoms with E-state index in [2.05, 4.69) is 18.7 Å². The van der Waals surface area contributed by atoms with Crippen LogP contribution in [0.4, 0.5) is 10.5 Å². The SMILES string of the molecule is CC(C)n1nc(CN2CCC3(CC2)CN(c2ccccc2)C(=O)O3)c2ccc(C(N)=O)cc21. The summed E-state index contributed by atoms with van der Waals surface area (Å²) < 4.78 is 7.85. The van der Waals surface area contributed by atoms with E-state index in [1.54, 1.807) is 11.0 Å². The molecule has 0 unspecified atom stereocenters. The van der Waals surface area contributed by atoms with Gasteiger partial charge in [0.15, 0.2) is 0 Å². The fourth-order valence-corrected chi connectivity index (χ4v) is 4.89. The Morgan fingerprint density at radius 1 is 1.15 bits per heavy atom. The normalized spacial score (nSPS) is 18.4.